The van der Waals surface area contributed by atoms with Crippen LogP contribution in [0.4, 0.5) is 9.18 Å². The molecular weight excluding hydrogens is 339 g/mol. The molecule has 0 aliphatic heterocycles. The minimum absolute atomic E-state index is 0.146. The summed E-state index contributed by atoms with van der Waals surface area (Å²) in [5.41, 5.74) is 0.984. The zero-order valence-corrected chi connectivity index (χ0v) is 14.5. The van der Waals surface area contributed by atoms with Crippen LogP contribution in [0.3, 0.4) is 0 Å². The summed E-state index contributed by atoms with van der Waals surface area (Å²) in [6.45, 7) is 1.43. The highest BCUT2D eigenvalue weighted by molar-refractivity contribution is 7.09. The Hall–Kier alpha value is -2.60. The van der Waals surface area contributed by atoms with Crippen molar-refractivity contribution in [1.82, 2.24) is 10.2 Å². The molecule has 0 aliphatic carbocycles. The first-order valence-electron chi connectivity index (χ1n) is 8.03. The molecule has 0 spiro atoms. The highest BCUT2D eigenvalue weighted by Gasteiger charge is 2.16. The third kappa shape index (κ3) is 5.19. The number of furan rings is 1. The summed E-state index contributed by atoms with van der Waals surface area (Å²) in [6, 6.07) is 13.8. The van der Waals surface area contributed by atoms with Gasteiger partial charge in [-0.2, -0.15) is 0 Å². The number of carbonyl (C=O) groups excluding carboxylic acids is 1. The highest BCUT2D eigenvalue weighted by atomic mass is 32.1. The lowest BCUT2D eigenvalue weighted by Crippen LogP contribution is -2.39. The number of urea groups is 1. The van der Waals surface area contributed by atoms with E-state index >= 15 is 0 Å². The van der Waals surface area contributed by atoms with Crippen molar-refractivity contribution in [2.24, 2.45) is 0 Å². The van der Waals surface area contributed by atoms with Gasteiger partial charge in [0.15, 0.2) is 0 Å². The Bertz CT molecular complexity index is 734. The van der Waals surface area contributed by atoms with Crippen LogP contribution in [-0.4, -0.2) is 17.5 Å². The maximum absolute atomic E-state index is 12.9. The van der Waals surface area contributed by atoms with Gasteiger partial charge in [0, 0.05) is 11.4 Å². The van der Waals surface area contributed by atoms with Crippen LogP contribution in [0.1, 0.15) is 16.2 Å². The van der Waals surface area contributed by atoms with E-state index in [2.05, 4.69) is 5.32 Å². The lowest BCUT2D eigenvalue weighted by molar-refractivity contribution is 0.188. The molecule has 6 heteroatoms. The summed E-state index contributed by atoms with van der Waals surface area (Å²) in [7, 11) is 0. The molecule has 3 rings (SSSR count). The van der Waals surface area contributed by atoms with Gasteiger partial charge in [0.25, 0.3) is 0 Å². The predicted octanol–water partition coefficient (Wildman–Crippen LogP) is 4.43. The molecule has 2 heterocycles. The Labute approximate surface area is 149 Å². The summed E-state index contributed by atoms with van der Waals surface area (Å²) >= 11 is 1.62. The van der Waals surface area contributed by atoms with Crippen LogP contribution in [0.25, 0.3) is 0 Å². The van der Waals surface area contributed by atoms with Crippen molar-refractivity contribution in [3.63, 3.8) is 0 Å². The first-order valence-corrected chi connectivity index (χ1v) is 8.90. The van der Waals surface area contributed by atoms with E-state index in [-0.39, 0.29) is 11.8 Å². The normalized spacial score (nSPS) is 10.6. The number of rotatable bonds is 7. The summed E-state index contributed by atoms with van der Waals surface area (Å²) in [4.78, 5) is 15.4. The van der Waals surface area contributed by atoms with Crippen molar-refractivity contribution in [3.8, 4) is 0 Å². The maximum atomic E-state index is 12.9. The van der Waals surface area contributed by atoms with Gasteiger partial charge >= 0.3 is 6.03 Å². The van der Waals surface area contributed by atoms with Gasteiger partial charge in [-0.3, -0.25) is 0 Å². The van der Waals surface area contributed by atoms with Crippen LogP contribution in [0.15, 0.2) is 64.6 Å². The van der Waals surface area contributed by atoms with Gasteiger partial charge in [-0.25, -0.2) is 9.18 Å². The number of hydrogen-bond donors (Lipinski definition) is 1. The third-order valence-corrected chi connectivity index (χ3v) is 4.61. The van der Waals surface area contributed by atoms with E-state index < -0.39 is 0 Å². The molecule has 25 heavy (non-hydrogen) atoms. The summed E-state index contributed by atoms with van der Waals surface area (Å²) in [5.74, 6) is 0.485. The van der Waals surface area contributed by atoms with Crippen LogP contribution >= 0.6 is 11.3 Å². The molecule has 1 aromatic carbocycles. The molecule has 0 saturated heterocycles. The molecule has 3 aromatic rings. The summed E-state index contributed by atoms with van der Waals surface area (Å²) < 4.78 is 18.3. The van der Waals surface area contributed by atoms with Gasteiger partial charge in [-0.1, -0.05) is 18.2 Å². The van der Waals surface area contributed by atoms with Crippen molar-refractivity contribution >= 4 is 17.4 Å². The molecule has 0 radical (unpaired) electrons. The van der Waals surface area contributed by atoms with E-state index in [4.69, 9.17) is 4.42 Å². The quantitative estimate of drug-likeness (QED) is 0.679. The molecule has 0 atom stereocenters. The van der Waals surface area contributed by atoms with E-state index in [1.807, 2.05) is 29.6 Å². The lowest BCUT2D eigenvalue weighted by Gasteiger charge is -2.21. The first-order chi connectivity index (χ1) is 12.2. The number of hydrogen-bond acceptors (Lipinski definition) is 3. The maximum Gasteiger partial charge on any atom is 0.318 e. The van der Waals surface area contributed by atoms with Crippen molar-refractivity contribution in [2.45, 2.75) is 19.5 Å². The number of thiophene rings is 1. The second-order valence-electron chi connectivity index (χ2n) is 5.62. The monoisotopic (exact) mass is 358 g/mol. The van der Waals surface area contributed by atoms with Crippen LogP contribution in [0.5, 0.6) is 0 Å². The molecule has 2 amide bonds. The van der Waals surface area contributed by atoms with Gasteiger partial charge in [0.2, 0.25) is 0 Å². The topological polar surface area (TPSA) is 45.5 Å². The summed E-state index contributed by atoms with van der Waals surface area (Å²) in [6.07, 6.45) is 2.25. The second-order valence-corrected chi connectivity index (χ2v) is 6.66. The predicted molar refractivity (Wildman–Crippen MR) is 95.8 cm³/mol. The zero-order chi connectivity index (χ0) is 17.5. The number of halogens is 1. The Morgan fingerprint density at radius 2 is 1.96 bits per heavy atom. The van der Waals surface area contributed by atoms with Gasteiger partial charge < -0.3 is 14.6 Å². The Kier molecular flexibility index (Phi) is 5.85. The molecule has 0 aliphatic rings. The molecule has 0 unspecified atom stereocenters. The largest absolute Gasteiger partial charge is 0.467 e. The van der Waals surface area contributed by atoms with Gasteiger partial charge in [0.1, 0.15) is 11.6 Å². The summed E-state index contributed by atoms with van der Waals surface area (Å²) in [5, 5.41) is 4.92. The van der Waals surface area contributed by atoms with Crippen molar-refractivity contribution in [1.29, 1.82) is 0 Å². The molecule has 130 valence electrons. The molecule has 1 N–H and O–H groups in total. The molecule has 0 saturated carbocycles. The minimum atomic E-state index is -0.256. The molecule has 4 nitrogen and oxygen atoms in total. The average Bonchev–Trinajstić information content (AvgIpc) is 3.30. The number of nitrogens with zero attached hydrogens (tertiary/aromatic N) is 1. The van der Waals surface area contributed by atoms with E-state index in [0.717, 1.165) is 16.2 Å². The number of amides is 2. The molecular formula is C19H19FN2O2S. The fraction of sp³-hybridized carbons (Fsp3) is 0.211. The SMILES string of the molecule is O=C(NCCc1ccc(F)cc1)N(Cc1ccco1)Cc1cccs1. The van der Waals surface area contributed by atoms with E-state index in [0.29, 0.717) is 26.1 Å². The number of nitrogens with one attached hydrogen (secondary N) is 1. The van der Waals surface area contributed by atoms with Crippen LogP contribution in [0, 0.1) is 5.82 Å². The highest BCUT2D eigenvalue weighted by Crippen LogP contribution is 2.15. The smallest absolute Gasteiger partial charge is 0.318 e. The molecule has 2 aromatic heterocycles. The first kappa shape index (κ1) is 17.2. The molecule has 0 fully saturated rings. The fourth-order valence-electron chi connectivity index (χ4n) is 2.46. The average molecular weight is 358 g/mol. The van der Waals surface area contributed by atoms with Crippen LogP contribution in [0.2, 0.25) is 0 Å². The van der Waals surface area contributed by atoms with E-state index in [1.165, 1.54) is 12.1 Å². The second kappa shape index (κ2) is 8.48. The third-order valence-electron chi connectivity index (χ3n) is 3.74. The van der Waals surface area contributed by atoms with Crippen molar-refractivity contribution in [2.75, 3.05) is 6.54 Å². The van der Waals surface area contributed by atoms with Crippen LogP contribution < -0.4 is 5.32 Å². The standard InChI is InChI=1S/C19H19FN2O2S/c20-16-7-5-15(6-8-16)9-10-21-19(23)22(13-17-3-1-11-24-17)14-18-4-2-12-25-18/h1-8,11-12H,9-10,13-14H2,(H,21,23). The van der Waals surface area contributed by atoms with Crippen molar-refractivity contribution < 1.29 is 13.6 Å². The Balaban J connectivity index is 1.56. The number of benzene rings is 1. The van der Waals surface area contributed by atoms with Crippen LogP contribution in [-0.2, 0) is 19.5 Å². The number of carbonyl (C=O) groups is 1. The van der Waals surface area contributed by atoms with E-state index in [1.54, 1.807) is 34.6 Å². The van der Waals surface area contributed by atoms with Gasteiger partial charge in [-0.05, 0) is 47.7 Å². The van der Waals surface area contributed by atoms with Gasteiger partial charge in [-0.15, -0.1) is 11.3 Å². The molecule has 0 bridgehead atoms. The van der Waals surface area contributed by atoms with E-state index in [9.17, 15) is 9.18 Å². The Morgan fingerprint density at radius 1 is 1.12 bits per heavy atom. The Morgan fingerprint density at radius 3 is 2.64 bits per heavy atom. The minimum Gasteiger partial charge on any atom is -0.467 e. The van der Waals surface area contributed by atoms with Gasteiger partial charge in [0.05, 0.1) is 19.4 Å². The zero-order valence-electron chi connectivity index (χ0n) is 13.7. The fourth-order valence-corrected chi connectivity index (χ4v) is 3.18. The van der Waals surface area contributed by atoms with Crippen molar-refractivity contribution in [3.05, 3.63) is 82.2 Å². The lowest BCUT2D eigenvalue weighted by atomic mass is 10.1.